The Morgan fingerprint density at radius 2 is 2.00 bits per heavy atom. The van der Waals surface area contributed by atoms with Crippen LogP contribution in [0.15, 0.2) is 12.4 Å². The molecular weight excluding hydrogens is 344 g/mol. The summed E-state index contributed by atoms with van der Waals surface area (Å²) in [5.41, 5.74) is -0.426. The highest BCUT2D eigenvalue weighted by molar-refractivity contribution is 5.81. The first-order valence-electron chi connectivity index (χ1n) is 10.5. The number of carbonyl (C=O) groups is 1. The largest absolute Gasteiger partial charge is 0.381 e. The van der Waals surface area contributed by atoms with E-state index in [-0.39, 0.29) is 5.91 Å². The summed E-state index contributed by atoms with van der Waals surface area (Å²) in [6.07, 6.45) is 9.93. The number of nitrogens with one attached hydrogen (secondary N) is 1. The highest BCUT2D eigenvalue weighted by atomic mass is 16.5. The zero-order valence-corrected chi connectivity index (χ0v) is 15.9. The number of amides is 1. The molecule has 1 saturated carbocycles. The van der Waals surface area contributed by atoms with Crippen molar-refractivity contribution in [2.45, 2.75) is 62.8 Å². The first-order valence-corrected chi connectivity index (χ1v) is 10.5. The van der Waals surface area contributed by atoms with E-state index in [0.717, 1.165) is 64.4 Å². The van der Waals surface area contributed by atoms with E-state index in [2.05, 4.69) is 19.8 Å². The summed E-state index contributed by atoms with van der Waals surface area (Å²) in [7, 11) is 0. The third kappa shape index (κ3) is 3.52. The number of nitrogens with zero attached hydrogens (tertiary/aromatic N) is 3. The molecule has 0 unspecified atom stereocenters. The number of fused-ring (bicyclic) bond motifs is 2. The predicted molar refractivity (Wildman–Crippen MR) is 99.2 cm³/mol. The van der Waals surface area contributed by atoms with E-state index in [0.29, 0.717) is 18.5 Å². The monoisotopic (exact) mass is 374 g/mol. The van der Waals surface area contributed by atoms with Crippen LogP contribution in [0.5, 0.6) is 0 Å². The Morgan fingerprint density at radius 3 is 2.74 bits per heavy atom. The number of rotatable bonds is 4. The van der Waals surface area contributed by atoms with Gasteiger partial charge in [0.25, 0.3) is 5.91 Å². The lowest BCUT2D eigenvalue weighted by Crippen LogP contribution is -2.55. The van der Waals surface area contributed by atoms with Gasteiger partial charge in [0.2, 0.25) is 0 Å². The summed E-state index contributed by atoms with van der Waals surface area (Å²) in [4.78, 5) is 19.9. The van der Waals surface area contributed by atoms with Gasteiger partial charge in [0, 0.05) is 51.3 Å². The zero-order valence-electron chi connectivity index (χ0n) is 15.9. The van der Waals surface area contributed by atoms with Crippen LogP contribution in [-0.4, -0.2) is 65.4 Å². The number of hydrogen-bond donors (Lipinski definition) is 1. The highest BCUT2D eigenvalue weighted by Crippen LogP contribution is 2.41. The van der Waals surface area contributed by atoms with Gasteiger partial charge in [0.15, 0.2) is 6.10 Å². The molecule has 5 rings (SSSR count). The van der Waals surface area contributed by atoms with Gasteiger partial charge in [0.05, 0.1) is 6.54 Å². The van der Waals surface area contributed by atoms with Crippen molar-refractivity contribution >= 4 is 5.91 Å². The molecule has 7 heteroatoms. The van der Waals surface area contributed by atoms with Crippen LogP contribution in [0.4, 0.5) is 0 Å². The van der Waals surface area contributed by atoms with Crippen molar-refractivity contribution in [3.8, 4) is 0 Å². The van der Waals surface area contributed by atoms with Crippen LogP contribution in [0, 0.1) is 5.92 Å². The molecule has 1 N–H and O–H groups in total. The van der Waals surface area contributed by atoms with Gasteiger partial charge in [-0.1, -0.05) is 0 Å². The van der Waals surface area contributed by atoms with Crippen LogP contribution in [-0.2, 0) is 26.4 Å². The molecule has 148 valence electrons. The Kier molecular flexibility index (Phi) is 4.70. The third-order valence-electron chi connectivity index (χ3n) is 6.72. The number of likely N-dealkylation sites (tertiary alicyclic amines) is 1. The van der Waals surface area contributed by atoms with E-state index in [1.165, 1.54) is 12.8 Å². The number of aromatic nitrogens is 2. The highest BCUT2D eigenvalue weighted by Gasteiger charge is 2.47. The van der Waals surface area contributed by atoms with E-state index in [9.17, 15) is 4.79 Å². The van der Waals surface area contributed by atoms with E-state index < -0.39 is 11.7 Å². The number of ether oxygens (including phenoxy) is 2. The first-order chi connectivity index (χ1) is 13.2. The molecule has 27 heavy (non-hydrogen) atoms. The molecule has 7 nitrogen and oxygen atoms in total. The average Bonchev–Trinajstić information content (AvgIpc) is 3.42. The lowest BCUT2D eigenvalue weighted by molar-refractivity contribution is -0.175. The molecule has 0 bridgehead atoms. The molecule has 1 atom stereocenters. The van der Waals surface area contributed by atoms with E-state index >= 15 is 0 Å². The van der Waals surface area contributed by atoms with Crippen molar-refractivity contribution in [3.05, 3.63) is 18.2 Å². The van der Waals surface area contributed by atoms with Gasteiger partial charge in [-0.3, -0.25) is 9.69 Å². The van der Waals surface area contributed by atoms with Gasteiger partial charge in [-0.25, -0.2) is 4.98 Å². The summed E-state index contributed by atoms with van der Waals surface area (Å²) in [5.74, 6) is 1.71. The summed E-state index contributed by atoms with van der Waals surface area (Å²) < 4.78 is 14.1. The minimum atomic E-state index is -0.426. The maximum atomic E-state index is 12.7. The molecule has 1 aliphatic carbocycles. The number of carbonyl (C=O) groups excluding carboxylic acids is 1. The van der Waals surface area contributed by atoms with E-state index in [1.54, 1.807) is 0 Å². The second-order valence-corrected chi connectivity index (χ2v) is 8.57. The molecular formula is C20H30N4O3. The van der Waals surface area contributed by atoms with Gasteiger partial charge in [-0.2, -0.15) is 0 Å². The van der Waals surface area contributed by atoms with E-state index in [1.807, 2.05) is 12.4 Å². The van der Waals surface area contributed by atoms with Crippen LogP contribution in [0.2, 0.25) is 0 Å². The summed E-state index contributed by atoms with van der Waals surface area (Å²) in [6, 6.07) is 0.622. The Labute approximate surface area is 160 Å². The fraction of sp³-hybridized carbons (Fsp3) is 0.800. The van der Waals surface area contributed by atoms with Crippen molar-refractivity contribution in [2.24, 2.45) is 5.92 Å². The molecule has 0 aromatic carbocycles. The smallest absolute Gasteiger partial charge is 0.251 e. The number of hydrogen-bond acceptors (Lipinski definition) is 5. The quantitative estimate of drug-likeness (QED) is 0.860. The summed E-state index contributed by atoms with van der Waals surface area (Å²) in [6.45, 7) is 5.09. The van der Waals surface area contributed by atoms with Crippen LogP contribution in [0.1, 0.15) is 44.3 Å². The molecule has 1 aromatic heterocycles. The van der Waals surface area contributed by atoms with Crippen molar-refractivity contribution in [1.82, 2.24) is 19.8 Å². The SMILES string of the molecule is O=C(NCC1CC1)[C@H]1Cn2ccnc2C2(CCN(C3CCOCC3)CC2)O1. The number of imidazole rings is 1. The lowest BCUT2D eigenvalue weighted by atomic mass is 9.87. The molecule has 2 saturated heterocycles. The summed E-state index contributed by atoms with van der Waals surface area (Å²) in [5, 5.41) is 3.10. The first kappa shape index (κ1) is 17.6. The molecule has 4 heterocycles. The Morgan fingerprint density at radius 1 is 1.22 bits per heavy atom. The van der Waals surface area contributed by atoms with Crippen molar-refractivity contribution in [3.63, 3.8) is 0 Å². The topological polar surface area (TPSA) is 68.6 Å². The van der Waals surface area contributed by atoms with Crippen molar-refractivity contribution in [2.75, 3.05) is 32.8 Å². The second-order valence-electron chi connectivity index (χ2n) is 8.57. The van der Waals surface area contributed by atoms with Gasteiger partial charge in [-0.05, 0) is 44.4 Å². The van der Waals surface area contributed by atoms with Crippen molar-refractivity contribution in [1.29, 1.82) is 0 Å². The van der Waals surface area contributed by atoms with Crippen molar-refractivity contribution < 1.29 is 14.3 Å². The lowest BCUT2D eigenvalue weighted by Gasteiger charge is -2.47. The average molecular weight is 374 g/mol. The Hall–Kier alpha value is -1.44. The predicted octanol–water partition coefficient (Wildman–Crippen LogP) is 1.28. The van der Waals surface area contributed by atoms with Gasteiger partial charge >= 0.3 is 0 Å². The van der Waals surface area contributed by atoms with Gasteiger partial charge < -0.3 is 19.4 Å². The Bertz CT molecular complexity index is 673. The second kappa shape index (κ2) is 7.18. The van der Waals surface area contributed by atoms with Crippen LogP contribution in [0.25, 0.3) is 0 Å². The molecule has 1 spiro atoms. The number of piperidine rings is 1. The normalized spacial score (nSPS) is 28.8. The Balaban J connectivity index is 1.28. The third-order valence-corrected chi connectivity index (χ3v) is 6.72. The molecule has 3 fully saturated rings. The molecule has 4 aliphatic rings. The maximum Gasteiger partial charge on any atom is 0.251 e. The molecule has 0 radical (unpaired) electrons. The molecule has 3 aliphatic heterocycles. The fourth-order valence-corrected chi connectivity index (χ4v) is 4.86. The maximum absolute atomic E-state index is 12.7. The zero-order chi connectivity index (χ0) is 18.3. The fourth-order valence-electron chi connectivity index (χ4n) is 4.86. The van der Waals surface area contributed by atoms with Crippen LogP contribution in [0.3, 0.4) is 0 Å². The van der Waals surface area contributed by atoms with Gasteiger partial charge in [-0.15, -0.1) is 0 Å². The summed E-state index contributed by atoms with van der Waals surface area (Å²) >= 11 is 0. The van der Waals surface area contributed by atoms with Gasteiger partial charge in [0.1, 0.15) is 11.4 Å². The minimum absolute atomic E-state index is 0.0347. The molecule has 1 amide bonds. The van der Waals surface area contributed by atoms with E-state index in [4.69, 9.17) is 9.47 Å². The molecule has 1 aromatic rings. The van der Waals surface area contributed by atoms with Crippen LogP contribution >= 0.6 is 0 Å². The minimum Gasteiger partial charge on any atom is -0.381 e. The van der Waals surface area contributed by atoms with Crippen LogP contribution < -0.4 is 5.32 Å². The standard InChI is InChI=1S/C20H30N4O3/c25-18(22-13-15-1-2-15)17-14-24-10-7-21-19(24)20(27-17)5-8-23(9-6-20)16-3-11-26-12-4-16/h7,10,15-17H,1-6,8-9,11-14H2,(H,22,25)/t17-/m1/s1.